The minimum absolute atomic E-state index is 0.0209. The average molecular weight is 395 g/mol. The van der Waals surface area contributed by atoms with E-state index in [4.69, 9.17) is 4.74 Å². The Hall–Kier alpha value is -2.66. The van der Waals surface area contributed by atoms with Crippen LogP contribution in [0.2, 0.25) is 0 Å². The summed E-state index contributed by atoms with van der Waals surface area (Å²) in [5, 5.41) is 2.93. The van der Waals surface area contributed by atoms with E-state index in [-0.39, 0.29) is 23.3 Å². The molecular weight excluding hydrogens is 364 g/mol. The SMILES string of the molecule is CC(=O)N(c1ccc(NC(=O)c2ccc(C(C)(C)C)cc2)cc1)C1CCOCC1. The summed E-state index contributed by atoms with van der Waals surface area (Å²) in [7, 11) is 0. The number of ether oxygens (including phenoxy) is 1. The summed E-state index contributed by atoms with van der Waals surface area (Å²) < 4.78 is 5.41. The van der Waals surface area contributed by atoms with Gasteiger partial charge in [0.05, 0.1) is 0 Å². The lowest BCUT2D eigenvalue weighted by atomic mass is 9.87. The highest BCUT2D eigenvalue weighted by Crippen LogP contribution is 2.26. The number of carbonyl (C=O) groups excluding carboxylic acids is 2. The maximum Gasteiger partial charge on any atom is 0.255 e. The van der Waals surface area contributed by atoms with Crippen LogP contribution < -0.4 is 10.2 Å². The van der Waals surface area contributed by atoms with Crippen molar-refractivity contribution in [3.63, 3.8) is 0 Å². The molecule has 2 aromatic rings. The van der Waals surface area contributed by atoms with Crippen LogP contribution in [0.25, 0.3) is 0 Å². The molecule has 1 aliphatic rings. The number of amides is 2. The average Bonchev–Trinajstić information content (AvgIpc) is 2.69. The van der Waals surface area contributed by atoms with Crippen LogP contribution >= 0.6 is 0 Å². The molecular formula is C24H30N2O3. The van der Waals surface area contributed by atoms with E-state index in [1.54, 1.807) is 6.92 Å². The molecule has 1 saturated heterocycles. The molecule has 0 spiro atoms. The standard InChI is InChI=1S/C24H30N2O3/c1-17(27)26(22-13-15-29-16-14-22)21-11-9-20(10-12-21)25-23(28)18-5-7-19(8-6-18)24(2,3)4/h5-12,22H,13-16H2,1-4H3,(H,25,28). The second-order valence-corrected chi connectivity index (χ2v) is 8.56. The zero-order chi connectivity index (χ0) is 21.0. The Kier molecular flexibility index (Phi) is 6.38. The van der Waals surface area contributed by atoms with E-state index < -0.39 is 0 Å². The van der Waals surface area contributed by atoms with Crippen molar-refractivity contribution < 1.29 is 14.3 Å². The predicted octanol–water partition coefficient (Wildman–Crippen LogP) is 4.77. The summed E-state index contributed by atoms with van der Waals surface area (Å²) in [5.74, 6) is -0.126. The third kappa shape index (κ3) is 5.24. The summed E-state index contributed by atoms with van der Waals surface area (Å²) in [6.07, 6.45) is 1.67. The van der Waals surface area contributed by atoms with Crippen LogP contribution in [0.1, 0.15) is 56.5 Å². The smallest absolute Gasteiger partial charge is 0.255 e. The van der Waals surface area contributed by atoms with Gasteiger partial charge in [-0.2, -0.15) is 0 Å². The lowest BCUT2D eigenvalue weighted by Crippen LogP contribution is -2.42. The quantitative estimate of drug-likeness (QED) is 0.813. The van der Waals surface area contributed by atoms with Crippen molar-refractivity contribution in [2.45, 2.75) is 52.0 Å². The van der Waals surface area contributed by atoms with Gasteiger partial charge in [0.25, 0.3) is 5.91 Å². The van der Waals surface area contributed by atoms with Crippen LogP contribution in [0.5, 0.6) is 0 Å². The Morgan fingerprint density at radius 2 is 1.55 bits per heavy atom. The molecule has 0 bridgehead atoms. The van der Waals surface area contributed by atoms with Gasteiger partial charge in [-0.25, -0.2) is 0 Å². The molecule has 0 atom stereocenters. The summed E-state index contributed by atoms with van der Waals surface area (Å²) in [6, 6.07) is 15.3. The maximum absolute atomic E-state index is 12.6. The lowest BCUT2D eigenvalue weighted by Gasteiger charge is -2.33. The largest absolute Gasteiger partial charge is 0.381 e. The number of carbonyl (C=O) groups is 2. The molecule has 29 heavy (non-hydrogen) atoms. The van der Waals surface area contributed by atoms with Gasteiger partial charge in [0, 0.05) is 43.1 Å². The summed E-state index contributed by atoms with van der Waals surface area (Å²) in [5.41, 5.74) is 3.41. The minimum Gasteiger partial charge on any atom is -0.381 e. The van der Waals surface area contributed by atoms with Crippen LogP contribution in [0.4, 0.5) is 11.4 Å². The molecule has 154 valence electrons. The molecule has 0 unspecified atom stereocenters. The van der Waals surface area contributed by atoms with Crippen LogP contribution in [-0.2, 0) is 14.9 Å². The molecule has 5 nitrogen and oxygen atoms in total. The third-order valence-corrected chi connectivity index (χ3v) is 5.31. The van der Waals surface area contributed by atoms with E-state index in [9.17, 15) is 9.59 Å². The molecule has 0 radical (unpaired) electrons. The van der Waals surface area contributed by atoms with E-state index in [1.807, 2.05) is 53.4 Å². The first kappa shape index (κ1) is 21.1. The molecule has 3 rings (SSSR count). The second-order valence-electron chi connectivity index (χ2n) is 8.56. The Balaban J connectivity index is 1.69. The van der Waals surface area contributed by atoms with E-state index in [1.165, 1.54) is 5.56 Å². The van der Waals surface area contributed by atoms with Gasteiger partial charge in [-0.1, -0.05) is 32.9 Å². The van der Waals surface area contributed by atoms with E-state index in [0.29, 0.717) is 24.5 Å². The molecule has 5 heteroatoms. The fourth-order valence-corrected chi connectivity index (χ4v) is 3.62. The van der Waals surface area contributed by atoms with Crippen LogP contribution in [-0.4, -0.2) is 31.1 Å². The highest BCUT2D eigenvalue weighted by molar-refractivity contribution is 6.04. The Morgan fingerprint density at radius 1 is 0.966 bits per heavy atom. The zero-order valence-electron chi connectivity index (χ0n) is 17.7. The third-order valence-electron chi connectivity index (χ3n) is 5.31. The predicted molar refractivity (Wildman–Crippen MR) is 117 cm³/mol. The zero-order valence-corrected chi connectivity index (χ0v) is 17.7. The van der Waals surface area contributed by atoms with Gasteiger partial charge >= 0.3 is 0 Å². The van der Waals surface area contributed by atoms with Gasteiger partial charge in [-0.05, 0) is 60.2 Å². The number of anilines is 2. The molecule has 2 aromatic carbocycles. The molecule has 0 saturated carbocycles. The number of hydrogen-bond acceptors (Lipinski definition) is 3. The minimum atomic E-state index is -0.147. The molecule has 0 aliphatic carbocycles. The van der Waals surface area contributed by atoms with Crippen LogP contribution in [0, 0.1) is 0 Å². The van der Waals surface area contributed by atoms with Gasteiger partial charge in [-0.15, -0.1) is 0 Å². The van der Waals surface area contributed by atoms with E-state index >= 15 is 0 Å². The van der Waals surface area contributed by atoms with Crippen molar-refractivity contribution >= 4 is 23.2 Å². The normalized spacial score (nSPS) is 15.0. The molecule has 1 N–H and O–H groups in total. The number of benzene rings is 2. The highest BCUT2D eigenvalue weighted by Gasteiger charge is 2.25. The Labute approximate surface area is 173 Å². The monoisotopic (exact) mass is 394 g/mol. The molecule has 1 fully saturated rings. The first-order valence-corrected chi connectivity index (χ1v) is 10.2. The fourth-order valence-electron chi connectivity index (χ4n) is 3.62. The van der Waals surface area contributed by atoms with Crippen molar-refractivity contribution in [3.05, 3.63) is 59.7 Å². The Morgan fingerprint density at radius 3 is 2.07 bits per heavy atom. The number of nitrogens with zero attached hydrogens (tertiary/aromatic N) is 1. The topological polar surface area (TPSA) is 58.6 Å². The van der Waals surface area contributed by atoms with Gasteiger partial charge < -0.3 is 15.0 Å². The summed E-state index contributed by atoms with van der Waals surface area (Å²) >= 11 is 0. The molecule has 2 amide bonds. The van der Waals surface area contributed by atoms with Crippen molar-refractivity contribution in [1.82, 2.24) is 0 Å². The van der Waals surface area contributed by atoms with Gasteiger partial charge in [0.2, 0.25) is 5.91 Å². The lowest BCUT2D eigenvalue weighted by molar-refractivity contribution is -0.117. The molecule has 1 heterocycles. The van der Waals surface area contributed by atoms with Crippen LogP contribution in [0.3, 0.4) is 0 Å². The van der Waals surface area contributed by atoms with Gasteiger partial charge in [0.1, 0.15) is 0 Å². The number of hydrogen-bond donors (Lipinski definition) is 1. The van der Waals surface area contributed by atoms with Gasteiger partial charge in [-0.3, -0.25) is 9.59 Å². The van der Waals surface area contributed by atoms with Crippen LogP contribution in [0.15, 0.2) is 48.5 Å². The second kappa shape index (κ2) is 8.78. The van der Waals surface area contributed by atoms with Crippen molar-refractivity contribution in [2.24, 2.45) is 0 Å². The van der Waals surface area contributed by atoms with Crippen molar-refractivity contribution in [1.29, 1.82) is 0 Å². The van der Waals surface area contributed by atoms with E-state index in [2.05, 4.69) is 26.1 Å². The summed E-state index contributed by atoms with van der Waals surface area (Å²) in [6.45, 7) is 9.39. The highest BCUT2D eigenvalue weighted by atomic mass is 16.5. The fraction of sp³-hybridized carbons (Fsp3) is 0.417. The Bertz CT molecular complexity index is 845. The molecule has 1 aliphatic heterocycles. The summed E-state index contributed by atoms with van der Waals surface area (Å²) in [4.78, 5) is 26.6. The maximum atomic E-state index is 12.6. The van der Waals surface area contributed by atoms with E-state index in [0.717, 1.165) is 18.5 Å². The first-order valence-electron chi connectivity index (χ1n) is 10.2. The van der Waals surface area contributed by atoms with Crippen molar-refractivity contribution in [2.75, 3.05) is 23.4 Å². The number of nitrogens with one attached hydrogen (secondary N) is 1. The molecule has 0 aromatic heterocycles. The van der Waals surface area contributed by atoms with Gasteiger partial charge in [0.15, 0.2) is 0 Å². The first-order chi connectivity index (χ1) is 13.8. The van der Waals surface area contributed by atoms with Crippen molar-refractivity contribution in [3.8, 4) is 0 Å². The number of rotatable bonds is 4.